The minimum absolute atomic E-state index is 0.190. The van der Waals surface area contributed by atoms with Crippen LogP contribution < -0.4 is 0 Å². The summed E-state index contributed by atoms with van der Waals surface area (Å²) in [5, 5.41) is 0. The van der Waals surface area contributed by atoms with Crippen LogP contribution >= 0.6 is 11.8 Å². The van der Waals surface area contributed by atoms with E-state index in [2.05, 4.69) is 0 Å². The first kappa shape index (κ1) is 15.4. The molecule has 1 atom stereocenters. The standard InChI is InChI=1S/C16H23NO2S/c1-17(11-10-14-7-5-6-12-19-14)16(18)13-20-15-8-3-2-4-9-15/h2-4,8-9,14H,5-7,10-13H2,1H3. The van der Waals surface area contributed by atoms with Gasteiger partial charge in [0.1, 0.15) is 0 Å². The summed E-state index contributed by atoms with van der Waals surface area (Å²) in [6, 6.07) is 10.1. The number of nitrogens with zero attached hydrogens (tertiary/aromatic N) is 1. The van der Waals surface area contributed by atoms with E-state index in [4.69, 9.17) is 4.74 Å². The van der Waals surface area contributed by atoms with E-state index >= 15 is 0 Å². The Bertz CT molecular complexity index is 404. The lowest BCUT2D eigenvalue weighted by Crippen LogP contribution is -2.32. The molecule has 1 aromatic carbocycles. The van der Waals surface area contributed by atoms with E-state index < -0.39 is 0 Å². The molecule has 110 valence electrons. The van der Waals surface area contributed by atoms with Crippen LogP contribution in [0.3, 0.4) is 0 Å². The highest BCUT2D eigenvalue weighted by Crippen LogP contribution is 2.18. The maximum Gasteiger partial charge on any atom is 0.232 e. The van der Waals surface area contributed by atoms with Crippen molar-refractivity contribution in [1.29, 1.82) is 0 Å². The van der Waals surface area contributed by atoms with Gasteiger partial charge >= 0.3 is 0 Å². The molecule has 1 aliphatic rings. The zero-order valence-corrected chi connectivity index (χ0v) is 12.9. The fraction of sp³-hybridized carbons (Fsp3) is 0.562. The van der Waals surface area contributed by atoms with E-state index in [1.807, 2.05) is 42.3 Å². The molecule has 0 radical (unpaired) electrons. The second-order valence-corrected chi connectivity index (χ2v) is 6.24. The molecule has 1 aromatic rings. The lowest BCUT2D eigenvalue weighted by molar-refractivity contribution is -0.127. The lowest BCUT2D eigenvalue weighted by Gasteiger charge is -2.25. The van der Waals surface area contributed by atoms with Crippen molar-refractivity contribution in [2.45, 2.75) is 36.7 Å². The van der Waals surface area contributed by atoms with Gasteiger partial charge in [-0.3, -0.25) is 4.79 Å². The van der Waals surface area contributed by atoms with Gasteiger partial charge in [-0.25, -0.2) is 0 Å². The van der Waals surface area contributed by atoms with Gasteiger partial charge in [-0.05, 0) is 37.8 Å². The summed E-state index contributed by atoms with van der Waals surface area (Å²) < 4.78 is 5.69. The average molecular weight is 293 g/mol. The van der Waals surface area contributed by atoms with Crippen LogP contribution in [0.25, 0.3) is 0 Å². The van der Waals surface area contributed by atoms with Crippen LogP contribution in [0.1, 0.15) is 25.7 Å². The highest BCUT2D eigenvalue weighted by molar-refractivity contribution is 8.00. The minimum atomic E-state index is 0.190. The SMILES string of the molecule is CN(CCC1CCCCO1)C(=O)CSc1ccccc1. The number of hydrogen-bond acceptors (Lipinski definition) is 3. The molecule has 0 N–H and O–H groups in total. The van der Waals surface area contributed by atoms with Crippen molar-refractivity contribution < 1.29 is 9.53 Å². The molecule has 0 bridgehead atoms. The van der Waals surface area contributed by atoms with Crippen molar-refractivity contribution in [2.24, 2.45) is 0 Å². The molecule has 1 saturated heterocycles. The van der Waals surface area contributed by atoms with Crippen LogP contribution in [0.5, 0.6) is 0 Å². The molecule has 2 rings (SSSR count). The number of benzene rings is 1. The molecule has 0 aliphatic carbocycles. The Morgan fingerprint density at radius 2 is 2.15 bits per heavy atom. The molecular formula is C16H23NO2S. The van der Waals surface area contributed by atoms with Crippen LogP contribution in [0.2, 0.25) is 0 Å². The van der Waals surface area contributed by atoms with E-state index in [1.165, 1.54) is 12.8 Å². The zero-order chi connectivity index (χ0) is 14.2. The summed E-state index contributed by atoms with van der Waals surface area (Å²) in [6.07, 6.45) is 4.88. The molecule has 0 saturated carbocycles. The average Bonchev–Trinajstić information content (AvgIpc) is 2.52. The van der Waals surface area contributed by atoms with Gasteiger partial charge in [-0.1, -0.05) is 18.2 Å². The largest absolute Gasteiger partial charge is 0.378 e. The van der Waals surface area contributed by atoms with E-state index in [-0.39, 0.29) is 5.91 Å². The van der Waals surface area contributed by atoms with Gasteiger partial charge in [0.2, 0.25) is 5.91 Å². The van der Waals surface area contributed by atoms with Gasteiger partial charge in [0.05, 0.1) is 11.9 Å². The quantitative estimate of drug-likeness (QED) is 0.754. The maximum absolute atomic E-state index is 12.1. The Labute approximate surface area is 125 Å². The van der Waals surface area contributed by atoms with Crippen LogP contribution in [0.15, 0.2) is 35.2 Å². The van der Waals surface area contributed by atoms with Gasteiger partial charge in [0.15, 0.2) is 0 Å². The molecule has 1 unspecified atom stereocenters. The molecule has 1 heterocycles. The third-order valence-corrected chi connectivity index (χ3v) is 4.59. The number of thioether (sulfide) groups is 1. The predicted molar refractivity (Wildman–Crippen MR) is 83.0 cm³/mol. The normalized spacial score (nSPS) is 18.8. The van der Waals surface area contributed by atoms with Crippen LogP contribution in [-0.2, 0) is 9.53 Å². The number of carbonyl (C=O) groups is 1. The van der Waals surface area contributed by atoms with Crippen LogP contribution in [0.4, 0.5) is 0 Å². The van der Waals surface area contributed by atoms with E-state index in [1.54, 1.807) is 11.8 Å². The molecule has 0 spiro atoms. The molecule has 4 heteroatoms. The zero-order valence-electron chi connectivity index (χ0n) is 12.1. The number of carbonyl (C=O) groups excluding carboxylic acids is 1. The highest BCUT2D eigenvalue weighted by atomic mass is 32.2. The number of hydrogen-bond donors (Lipinski definition) is 0. The second-order valence-electron chi connectivity index (χ2n) is 5.19. The molecular weight excluding hydrogens is 270 g/mol. The first-order valence-electron chi connectivity index (χ1n) is 7.29. The molecule has 3 nitrogen and oxygen atoms in total. The van der Waals surface area contributed by atoms with Crippen LogP contribution in [0, 0.1) is 0 Å². The van der Waals surface area contributed by atoms with Gasteiger partial charge in [0, 0.05) is 25.1 Å². The fourth-order valence-corrected chi connectivity index (χ4v) is 3.13. The summed E-state index contributed by atoms with van der Waals surface area (Å²) >= 11 is 1.60. The van der Waals surface area contributed by atoms with Gasteiger partial charge < -0.3 is 9.64 Å². The second kappa shape index (κ2) is 8.32. The Morgan fingerprint density at radius 3 is 2.85 bits per heavy atom. The number of ether oxygens (including phenoxy) is 1. The Balaban J connectivity index is 1.66. The third kappa shape index (κ3) is 5.17. The monoisotopic (exact) mass is 293 g/mol. The van der Waals surface area contributed by atoms with Crippen LogP contribution in [-0.4, -0.2) is 42.9 Å². The maximum atomic E-state index is 12.1. The Kier molecular flexibility index (Phi) is 6.40. The number of rotatable bonds is 6. The third-order valence-electron chi connectivity index (χ3n) is 3.59. The summed E-state index contributed by atoms with van der Waals surface area (Å²) in [4.78, 5) is 15.0. The molecule has 0 aromatic heterocycles. The summed E-state index contributed by atoms with van der Waals surface area (Å²) in [5.74, 6) is 0.695. The first-order valence-corrected chi connectivity index (χ1v) is 8.27. The van der Waals surface area contributed by atoms with Crippen molar-refractivity contribution in [3.63, 3.8) is 0 Å². The molecule has 1 aliphatic heterocycles. The molecule has 20 heavy (non-hydrogen) atoms. The molecule has 1 fully saturated rings. The summed E-state index contributed by atoms with van der Waals surface area (Å²) in [6.45, 7) is 1.67. The summed E-state index contributed by atoms with van der Waals surface area (Å²) in [5.41, 5.74) is 0. The van der Waals surface area contributed by atoms with Gasteiger partial charge in [-0.15, -0.1) is 11.8 Å². The number of amides is 1. The molecule has 1 amide bonds. The minimum Gasteiger partial charge on any atom is -0.378 e. The topological polar surface area (TPSA) is 29.5 Å². The summed E-state index contributed by atoms with van der Waals surface area (Å²) in [7, 11) is 1.89. The first-order chi connectivity index (χ1) is 9.75. The van der Waals surface area contributed by atoms with Crippen molar-refractivity contribution in [3.05, 3.63) is 30.3 Å². The van der Waals surface area contributed by atoms with Gasteiger partial charge in [0.25, 0.3) is 0 Å². The fourth-order valence-electron chi connectivity index (χ4n) is 2.27. The smallest absolute Gasteiger partial charge is 0.232 e. The predicted octanol–water partition coefficient (Wildman–Crippen LogP) is 3.20. The Morgan fingerprint density at radius 1 is 1.35 bits per heavy atom. The van der Waals surface area contributed by atoms with E-state index in [0.717, 1.165) is 30.9 Å². The Hall–Kier alpha value is -1.00. The van der Waals surface area contributed by atoms with Crippen molar-refractivity contribution >= 4 is 17.7 Å². The lowest BCUT2D eigenvalue weighted by atomic mass is 10.1. The van der Waals surface area contributed by atoms with Crippen molar-refractivity contribution in [3.8, 4) is 0 Å². The van der Waals surface area contributed by atoms with E-state index in [9.17, 15) is 4.79 Å². The highest BCUT2D eigenvalue weighted by Gasteiger charge is 2.16. The van der Waals surface area contributed by atoms with E-state index in [0.29, 0.717) is 11.9 Å². The van der Waals surface area contributed by atoms with Crippen molar-refractivity contribution in [2.75, 3.05) is 26.0 Å². The van der Waals surface area contributed by atoms with Crippen molar-refractivity contribution in [1.82, 2.24) is 4.90 Å². The van der Waals surface area contributed by atoms with Gasteiger partial charge in [-0.2, -0.15) is 0 Å².